The molecule has 2 aromatic rings. The number of nitrogens with one attached hydrogen (secondary N) is 1. The van der Waals surface area contributed by atoms with Crippen LogP contribution in [0.4, 0.5) is 8.78 Å². The summed E-state index contributed by atoms with van der Waals surface area (Å²) in [5.41, 5.74) is -1.47. The van der Waals surface area contributed by atoms with Gasteiger partial charge in [0.25, 0.3) is 5.91 Å². The summed E-state index contributed by atoms with van der Waals surface area (Å²) in [6.07, 6.45) is 1.99. The molecule has 4 nitrogen and oxygen atoms in total. The first kappa shape index (κ1) is 17.4. The van der Waals surface area contributed by atoms with E-state index in [1.807, 2.05) is 0 Å². The third-order valence-corrected chi connectivity index (χ3v) is 5.50. The zero-order valence-corrected chi connectivity index (χ0v) is 14.8. The van der Waals surface area contributed by atoms with Crippen LogP contribution in [0.3, 0.4) is 0 Å². The highest BCUT2D eigenvalue weighted by Gasteiger charge is 2.59. The van der Waals surface area contributed by atoms with Crippen LogP contribution >= 0.6 is 11.6 Å². The molecule has 4 rings (SSSR count). The lowest BCUT2D eigenvalue weighted by molar-refractivity contribution is -0.135. The molecule has 1 N–H and O–H groups in total. The van der Waals surface area contributed by atoms with Crippen LogP contribution in [0.5, 0.6) is 0 Å². The van der Waals surface area contributed by atoms with E-state index in [1.54, 1.807) is 25.3 Å². The van der Waals surface area contributed by atoms with Gasteiger partial charge < -0.3 is 10.1 Å². The van der Waals surface area contributed by atoms with E-state index >= 15 is 4.39 Å². The molecule has 0 radical (unpaired) electrons. The van der Waals surface area contributed by atoms with Gasteiger partial charge in [-0.1, -0.05) is 23.7 Å². The number of nitrogens with zero attached hydrogens (tertiary/aromatic N) is 1. The fraction of sp³-hybridized carbons (Fsp3) is 0.368. The molecule has 136 valence electrons. The van der Waals surface area contributed by atoms with Crippen molar-refractivity contribution >= 4 is 17.5 Å². The summed E-state index contributed by atoms with van der Waals surface area (Å²) in [6, 6.07) is 6.53. The molecule has 7 heteroatoms. The number of pyridine rings is 1. The van der Waals surface area contributed by atoms with Gasteiger partial charge in [-0.3, -0.25) is 9.78 Å². The van der Waals surface area contributed by atoms with Crippen molar-refractivity contribution in [2.45, 2.75) is 37.1 Å². The van der Waals surface area contributed by atoms with Gasteiger partial charge in [-0.05, 0) is 43.5 Å². The number of rotatable bonds is 3. The first-order valence-corrected chi connectivity index (χ1v) is 8.78. The second kappa shape index (κ2) is 5.99. The summed E-state index contributed by atoms with van der Waals surface area (Å²) in [4.78, 5) is 17.1. The third-order valence-electron chi connectivity index (χ3n) is 5.17. The van der Waals surface area contributed by atoms with Crippen molar-refractivity contribution in [3.05, 3.63) is 64.2 Å². The number of carbonyl (C=O) groups excluding carboxylic acids is 1. The molecule has 2 heterocycles. The van der Waals surface area contributed by atoms with Crippen LogP contribution in [-0.4, -0.2) is 17.5 Å². The van der Waals surface area contributed by atoms with E-state index in [4.69, 9.17) is 16.3 Å². The van der Waals surface area contributed by atoms with Crippen molar-refractivity contribution in [1.29, 1.82) is 0 Å². The largest absolute Gasteiger partial charge is 0.363 e. The predicted octanol–water partition coefficient (Wildman–Crippen LogP) is 3.94. The maximum absolute atomic E-state index is 15.8. The second-order valence-corrected chi connectivity index (χ2v) is 7.25. The molecule has 3 atom stereocenters. The minimum atomic E-state index is -2.19. The van der Waals surface area contributed by atoms with Crippen molar-refractivity contribution in [2.75, 3.05) is 6.61 Å². The number of aromatic nitrogens is 1. The Morgan fingerprint density at radius 3 is 2.85 bits per heavy atom. The quantitative estimate of drug-likeness (QED) is 0.823. The molecule has 1 amide bonds. The summed E-state index contributed by atoms with van der Waals surface area (Å²) in [7, 11) is 0. The Morgan fingerprint density at radius 1 is 1.38 bits per heavy atom. The molecule has 1 aromatic heterocycles. The van der Waals surface area contributed by atoms with Crippen LogP contribution in [0.15, 0.2) is 36.5 Å². The van der Waals surface area contributed by atoms with E-state index in [-0.39, 0.29) is 17.0 Å². The number of halogens is 3. The lowest BCUT2D eigenvalue weighted by Crippen LogP contribution is -2.46. The standard InChI is InChI=1S/C19H17ClF2N2O2/c1-11(13-5-4-12(21)9-15(13)20)24-17(25)19(22)7-6-18(10-26-18)16-14(19)3-2-8-23-16/h2-5,8-9,11H,6-7,10H2,1H3,(H,24,25)/t11-,18+,19+/m1/s1. The van der Waals surface area contributed by atoms with Crippen LogP contribution < -0.4 is 5.32 Å². The van der Waals surface area contributed by atoms with E-state index in [9.17, 15) is 9.18 Å². The van der Waals surface area contributed by atoms with Gasteiger partial charge in [-0.15, -0.1) is 0 Å². The molecule has 1 aromatic carbocycles. The number of ether oxygens (including phenoxy) is 1. The number of epoxide rings is 1. The highest BCUT2D eigenvalue weighted by atomic mass is 35.5. The molecular formula is C19H17ClF2N2O2. The van der Waals surface area contributed by atoms with Gasteiger partial charge in [0.15, 0.2) is 0 Å². The number of fused-ring (bicyclic) bond motifs is 2. The van der Waals surface area contributed by atoms with Gasteiger partial charge in [0, 0.05) is 16.8 Å². The smallest absolute Gasteiger partial charge is 0.262 e. The first-order chi connectivity index (χ1) is 12.4. The Balaban J connectivity index is 1.62. The maximum Gasteiger partial charge on any atom is 0.262 e. The molecule has 26 heavy (non-hydrogen) atoms. The van der Waals surface area contributed by atoms with Gasteiger partial charge in [0.1, 0.15) is 11.4 Å². The number of hydrogen-bond donors (Lipinski definition) is 1. The second-order valence-electron chi connectivity index (χ2n) is 6.84. The Bertz CT molecular complexity index is 888. The van der Waals surface area contributed by atoms with Gasteiger partial charge >= 0.3 is 0 Å². The monoisotopic (exact) mass is 378 g/mol. The van der Waals surface area contributed by atoms with Crippen molar-refractivity contribution in [3.63, 3.8) is 0 Å². The molecule has 1 aliphatic heterocycles. The number of hydrogen-bond acceptors (Lipinski definition) is 3. The van der Waals surface area contributed by atoms with E-state index in [2.05, 4.69) is 10.3 Å². The van der Waals surface area contributed by atoms with Gasteiger partial charge in [0.2, 0.25) is 5.67 Å². The molecule has 1 spiro atoms. The number of benzene rings is 1. The molecular weight excluding hydrogens is 362 g/mol. The van der Waals surface area contributed by atoms with E-state index in [1.165, 1.54) is 18.2 Å². The highest BCUT2D eigenvalue weighted by Crippen LogP contribution is 2.53. The molecule has 0 unspecified atom stereocenters. The fourth-order valence-corrected chi connectivity index (χ4v) is 3.89. The SMILES string of the molecule is C[C@@H](NC(=O)[C@]1(F)CC[C@]2(CO2)c2ncccc21)c1ccc(F)cc1Cl. The van der Waals surface area contributed by atoms with Crippen LogP contribution in [0.2, 0.25) is 5.02 Å². The summed E-state index contributed by atoms with van der Waals surface area (Å²) in [5, 5.41) is 2.85. The van der Waals surface area contributed by atoms with Crippen LogP contribution in [-0.2, 0) is 20.8 Å². The lowest BCUT2D eigenvalue weighted by atomic mass is 9.77. The summed E-state index contributed by atoms with van der Waals surface area (Å²) in [5.74, 6) is -1.23. The Labute approximate surface area is 154 Å². The summed E-state index contributed by atoms with van der Waals surface area (Å²) >= 11 is 6.04. The minimum Gasteiger partial charge on any atom is -0.363 e. The summed E-state index contributed by atoms with van der Waals surface area (Å²) in [6.45, 7) is 2.18. The molecule has 1 saturated heterocycles. The van der Waals surface area contributed by atoms with Crippen molar-refractivity contribution in [2.24, 2.45) is 0 Å². The average molecular weight is 379 g/mol. The van der Waals surface area contributed by atoms with Crippen molar-refractivity contribution < 1.29 is 18.3 Å². The van der Waals surface area contributed by atoms with Crippen molar-refractivity contribution in [3.8, 4) is 0 Å². The zero-order chi connectivity index (χ0) is 18.5. The molecule has 1 aliphatic carbocycles. The fourth-order valence-electron chi connectivity index (χ4n) is 3.56. The number of alkyl halides is 1. The predicted molar refractivity (Wildman–Crippen MR) is 91.9 cm³/mol. The zero-order valence-electron chi connectivity index (χ0n) is 14.1. The van der Waals surface area contributed by atoms with E-state index in [0.717, 1.165) is 0 Å². The van der Waals surface area contributed by atoms with E-state index in [0.29, 0.717) is 24.3 Å². The van der Waals surface area contributed by atoms with Crippen LogP contribution in [0.1, 0.15) is 42.6 Å². The average Bonchev–Trinajstić information content (AvgIpc) is 3.39. The van der Waals surface area contributed by atoms with Gasteiger partial charge in [-0.2, -0.15) is 0 Å². The molecule has 2 aliphatic rings. The Kier molecular flexibility index (Phi) is 4.00. The minimum absolute atomic E-state index is 0.0153. The first-order valence-electron chi connectivity index (χ1n) is 8.40. The number of carbonyl (C=O) groups is 1. The van der Waals surface area contributed by atoms with Gasteiger partial charge in [0.05, 0.1) is 18.3 Å². The molecule has 0 bridgehead atoms. The Hall–Kier alpha value is -2.05. The van der Waals surface area contributed by atoms with Gasteiger partial charge in [-0.25, -0.2) is 8.78 Å². The van der Waals surface area contributed by atoms with Crippen LogP contribution in [0.25, 0.3) is 0 Å². The van der Waals surface area contributed by atoms with Crippen molar-refractivity contribution in [1.82, 2.24) is 10.3 Å². The molecule has 1 fully saturated rings. The summed E-state index contributed by atoms with van der Waals surface area (Å²) < 4.78 is 34.5. The van der Waals surface area contributed by atoms with E-state index < -0.39 is 29.0 Å². The normalized spacial score (nSPS) is 27.7. The maximum atomic E-state index is 15.8. The number of amides is 1. The topological polar surface area (TPSA) is 54.5 Å². The highest BCUT2D eigenvalue weighted by molar-refractivity contribution is 6.31. The molecule has 0 saturated carbocycles. The Morgan fingerprint density at radius 2 is 2.15 bits per heavy atom. The lowest BCUT2D eigenvalue weighted by Gasteiger charge is -2.34. The van der Waals surface area contributed by atoms with Crippen LogP contribution in [0, 0.1) is 5.82 Å². The third kappa shape index (κ3) is 2.68.